The summed E-state index contributed by atoms with van der Waals surface area (Å²) in [7, 11) is 0. The second-order valence-electron chi connectivity index (χ2n) is 4.02. The summed E-state index contributed by atoms with van der Waals surface area (Å²) < 4.78 is 87.1. The molecule has 0 rings (SSSR count). The van der Waals surface area contributed by atoms with Gasteiger partial charge in [-0.05, 0) is 20.0 Å². The van der Waals surface area contributed by atoms with Gasteiger partial charge in [-0.3, -0.25) is 9.69 Å². The molecule has 3 nitrogen and oxygen atoms in total. The second-order valence-corrected chi connectivity index (χ2v) is 4.02. The zero-order chi connectivity index (χ0) is 16.4. The molecule has 0 fully saturated rings. The second kappa shape index (κ2) is 6.15. The number of nitrogens with one attached hydrogen (secondary N) is 1. The maximum absolute atomic E-state index is 13.4. The Labute approximate surface area is 111 Å². The average molecular weight is 312 g/mol. The number of halogens is 7. The van der Waals surface area contributed by atoms with Crippen LogP contribution in [0.5, 0.6) is 0 Å². The first kappa shape index (κ1) is 18.9. The molecule has 1 unspecified atom stereocenters. The van der Waals surface area contributed by atoms with Gasteiger partial charge >= 0.3 is 18.0 Å². The average Bonchev–Trinajstić information content (AvgIpc) is 2.26. The Bertz CT molecular complexity index is 321. The van der Waals surface area contributed by atoms with Gasteiger partial charge in [0.05, 0.1) is 6.17 Å². The Hall–Kier alpha value is -1.06. The van der Waals surface area contributed by atoms with Crippen molar-refractivity contribution >= 4 is 5.91 Å². The number of alkyl halides is 7. The minimum absolute atomic E-state index is 0.259. The van der Waals surface area contributed by atoms with Crippen molar-refractivity contribution in [2.75, 3.05) is 13.1 Å². The smallest absolute Gasteiger partial charge is 0.337 e. The zero-order valence-electron chi connectivity index (χ0n) is 11.0. The number of hydrogen-bond donors (Lipinski definition) is 1. The van der Waals surface area contributed by atoms with E-state index in [0.29, 0.717) is 0 Å². The summed E-state index contributed by atoms with van der Waals surface area (Å²) in [6.07, 6.45) is -14.0. The van der Waals surface area contributed by atoms with Gasteiger partial charge in [0.15, 0.2) is 0 Å². The summed E-state index contributed by atoms with van der Waals surface area (Å²) in [5, 5.41) is 1.41. The van der Waals surface area contributed by atoms with E-state index in [1.807, 2.05) is 0 Å². The van der Waals surface area contributed by atoms with Crippen LogP contribution in [0.2, 0.25) is 0 Å². The highest BCUT2D eigenvalue weighted by Crippen LogP contribution is 2.46. The fourth-order valence-corrected chi connectivity index (χ4v) is 1.57. The molecule has 1 N–H and O–H groups in total. The molecule has 1 amide bonds. The first-order chi connectivity index (χ1) is 8.82. The van der Waals surface area contributed by atoms with Crippen LogP contribution < -0.4 is 5.32 Å². The van der Waals surface area contributed by atoms with Crippen LogP contribution in [0.1, 0.15) is 20.8 Å². The lowest BCUT2D eigenvalue weighted by atomic mass is 10.0. The summed E-state index contributed by atoms with van der Waals surface area (Å²) in [6, 6.07) is 0. The number of rotatable bonds is 5. The van der Waals surface area contributed by atoms with Crippen LogP contribution in [0.25, 0.3) is 0 Å². The lowest BCUT2D eigenvalue weighted by molar-refractivity contribution is -0.326. The molecule has 0 saturated carbocycles. The van der Waals surface area contributed by atoms with E-state index in [1.54, 1.807) is 13.8 Å². The third kappa shape index (κ3) is 3.53. The van der Waals surface area contributed by atoms with Gasteiger partial charge in [0.2, 0.25) is 0 Å². The van der Waals surface area contributed by atoms with E-state index < -0.39 is 30.1 Å². The topological polar surface area (TPSA) is 32.3 Å². The molecule has 0 aromatic heterocycles. The number of nitrogens with zero attached hydrogens (tertiary/aromatic N) is 1. The van der Waals surface area contributed by atoms with Gasteiger partial charge in [-0.15, -0.1) is 0 Å². The van der Waals surface area contributed by atoms with Gasteiger partial charge in [-0.25, -0.2) is 4.39 Å². The van der Waals surface area contributed by atoms with E-state index in [4.69, 9.17) is 0 Å². The Morgan fingerprint density at radius 2 is 1.35 bits per heavy atom. The first-order valence-electron chi connectivity index (χ1n) is 5.70. The molecular formula is C10H15F7N2O. The molecule has 0 aliphatic carbocycles. The molecule has 20 heavy (non-hydrogen) atoms. The van der Waals surface area contributed by atoms with Crippen LogP contribution >= 0.6 is 0 Å². The lowest BCUT2D eigenvalue weighted by Gasteiger charge is -2.32. The maximum Gasteiger partial charge on any atom is 0.441 e. The summed E-state index contributed by atoms with van der Waals surface area (Å²) in [4.78, 5) is 12.5. The van der Waals surface area contributed by atoms with E-state index >= 15 is 0 Å². The van der Waals surface area contributed by atoms with Crippen molar-refractivity contribution in [3.8, 4) is 0 Å². The quantitative estimate of drug-likeness (QED) is 0.625. The fourth-order valence-electron chi connectivity index (χ4n) is 1.57. The van der Waals surface area contributed by atoms with E-state index in [2.05, 4.69) is 0 Å². The van der Waals surface area contributed by atoms with Crippen LogP contribution in [0.4, 0.5) is 30.7 Å². The van der Waals surface area contributed by atoms with E-state index in [-0.39, 0.29) is 13.1 Å². The molecule has 0 bridgehead atoms. The molecule has 10 heteroatoms. The third-order valence-electron chi connectivity index (χ3n) is 2.79. The molecule has 0 aliphatic heterocycles. The minimum Gasteiger partial charge on any atom is -0.337 e. The molecule has 0 aliphatic rings. The molecule has 0 saturated heterocycles. The van der Waals surface area contributed by atoms with Crippen molar-refractivity contribution in [2.45, 2.75) is 45.0 Å². The van der Waals surface area contributed by atoms with Crippen molar-refractivity contribution in [2.24, 2.45) is 0 Å². The Morgan fingerprint density at radius 3 is 1.60 bits per heavy atom. The van der Waals surface area contributed by atoms with Gasteiger partial charge in [0.25, 0.3) is 5.91 Å². The third-order valence-corrected chi connectivity index (χ3v) is 2.79. The predicted octanol–water partition coefficient (Wildman–Crippen LogP) is 2.62. The van der Waals surface area contributed by atoms with Gasteiger partial charge in [-0.2, -0.15) is 26.3 Å². The zero-order valence-corrected chi connectivity index (χ0v) is 11.0. The van der Waals surface area contributed by atoms with Gasteiger partial charge < -0.3 is 5.32 Å². The van der Waals surface area contributed by atoms with Crippen molar-refractivity contribution in [3.05, 3.63) is 0 Å². The van der Waals surface area contributed by atoms with Gasteiger partial charge in [-0.1, -0.05) is 13.8 Å². The normalized spacial score (nSPS) is 15.3. The van der Waals surface area contributed by atoms with E-state index in [0.717, 1.165) is 6.92 Å². The van der Waals surface area contributed by atoms with Crippen LogP contribution in [0.3, 0.4) is 0 Å². The van der Waals surface area contributed by atoms with Crippen molar-refractivity contribution in [1.82, 2.24) is 10.2 Å². The fraction of sp³-hybridized carbons (Fsp3) is 0.900. The summed E-state index contributed by atoms with van der Waals surface area (Å²) in [6.45, 7) is 4.85. The molecule has 0 heterocycles. The minimum atomic E-state index is -6.39. The lowest BCUT2D eigenvalue weighted by Crippen LogP contribution is -2.65. The summed E-state index contributed by atoms with van der Waals surface area (Å²) in [5.41, 5.74) is -5.93. The van der Waals surface area contributed by atoms with Crippen molar-refractivity contribution in [1.29, 1.82) is 0 Å². The van der Waals surface area contributed by atoms with Crippen LogP contribution in [-0.2, 0) is 4.79 Å². The number of amides is 1. The molecule has 1 atom stereocenters. The molecular weight excluding hydrogens is 297 g/mol. The largest absolute Gasteiger partial charge is 0.441 e. The van der Waals surface area contributed by atoms with Crippen LogP contribution in [0, 0.1) is 0 Å². The first-order valence-corrected chi connectivity index (χ1v) is 5.70. The SMILES string of the molecule is CCN(CC)C(C)NC(=O)C(F)(C(F)(F)F)C(F)(F)F. The Morgan fingerprint density at radius 1 is 1.00 bits per heavy atom. The molecule has 0 spiro atoms. The van der Waals surface area contributed by atoms with Crippen LogP contribution in [-0.4, -0.2) is 48.1 Å². The summed E-state index contributed by atoms with van der Waals surface area (Å²) >= 11 is 0. The van der Waals surface area contributed by atoms with Crippen LogP contribution in [0.15, 0.2) is 0 Å². The molecule has 0 radical (unpaired) electrons. The highest BCUT2D eigenvalue weighted by atomic mass is 19.4. The number of carbonyl (C=O) groups excluding carboxylic acids is 1. The number of hydrogen-bond acceptors (Lipinski definition) is 2. The summed E-state index contributed by atoms with van der Waals surface area (Å²) in [5.74, 6) is -2.77. The molecule has 0 aromatic carbocycles. The standard InChI is InChI=1S/C10H15F7N2O/c1-4-19(5-2)6(3)18-7(20)8(11,9(12,13)14)10(15,16)17/h6H,4-5H2,1-3H3,(H,18,20). The van der Waals surface area contributed by atoms with E-state index in [1.165, 1.54) is 10.2 Å². The highest BCUT2D eigenvalue weighted by molar-refractivity contribution is 5.87. The van der Waals surface area contributed by atoms with Gasteiger partial charge in [0.1, 0.15) is 0 Å². The molecule has 120 valence electrons. The van der Waals surface area contributed by atoms with Gasteiger partial charge in [0, 0.05) is 0 Å². The number of carbonyl (C=O) groups is 1. The maximum atomic E-state index is 13.4. The van der Waals surface area contributed by atoms with E-state index in [9.17, 15) is 35.5 Å². The highest BCUT2D eigenvalue weighted by Gasteiger charge is 2.77. The monoisotopic (exact) mass is 312 g/mol. The Balaban J connectivity index is 5.31. The van der Waals surface area contributed by atoms with Crippen molar-refractivity contribution in [3.63, 3.8) is 0 Å². The van der Waals surface area contributed by atoms with Crippen molar-refractivity contribution < 1.29 is 35.5 Å². The predicted molar refractivity (Wildman–Crippen MR) is 56.5 cm³/mol. The molecule has 0 aromatic rings. The Kier molecular flexibility index (Phi) is 5.82.